The summed E-state index contributed by atoms with van der Waals surface area (Å²) in [7, 11) is 0. The third kappa shape index (κ3) is 3.44. The maximum absolute atomic E-state index is 10.1. The number of aliphatic hydroxyl groups excluding tert-OH is 1. The van der Waals surface area contributed by atoms with Crippen LogP contribution >= 0.6 is 0 Å². The van der Waals surface area contributed by atoms with E-state index in [2.05, 4.69) is 11.8 Å². The number of rotatable bonds is 2. The molecule has 0 radical (unpaired) electrons. The summed E-state index contributed by atoms with van der Waals surface area (Å²) in [6.07, 6.45) is 6.29. The Labute approximate surface area is 98.8 Å². The first-order valence-electron chi connectivity index (χ1n) is 6.77. The van der Waals surface area contributed by atoms with Gasteiger partial charge in [0.05, 0.1) is 18.8 Å². The Morgan fingerprint density at radius 2 is 2.06 bits per heavy atom. The molecule has 2 aliphatic rings. The summed E-state index contributed by atoms with van der Waals surface area (Å²) in [5.74, 6) is 0.493. The van der Waals surface area contributed by atoms with Crippen LogP contribution in [0.1, 0.15) is 39.0 Å². The van der Waals surface area contributed by atoms with Crippen molar-refractivity contribution in [3.8, 4) is 0 Å². The predicted octanol–water partition coefficient (Wildman–Crippen LogP) is 1.65. The van der Waals surface area contributed by atoms with Crippen molar-refractivity contribution in [3.05, 3.63) is 0 Å². The zero-order valence-electron chi connectivity index (χ0n) is 10.4. The van der Waals surface area contributed by atoms with E-state index in [1.54, 1.807) is 0 Å². The molecule has 3 atom stereocenters. The summed E-state index contributed by atoms with van der Waals surface area (Å²) in [5.41, 5.74) is 0. The van der Waals surface area contributed by atoms with Gasteiger partial charge in [-0.05, 0) is 25.7 Å². The van der Waals surface area contributed by atoms with Crippen molar-refractivity contribution in [3.63, 3.8) is 0 Å². The molecule has 3 heteroatoms. The number of nitrogens with zero attached hydrogens (tertiary/aromatic N) is 1. The molecular formula is C13H25NO2. The zero-order chi connectivity index (χ0) is 11.4. The SMILES string of the molecule is CC1CN(CC2CCCCCC2O)CCO1. The average Bonchev–Trinajstić information content (AvgIpc) is 2.45. The standard InChI is InChI=1S/C13H25NO2/c1-11-9-14(7-8-16-11)10-12-5-3-2-4-6-13(12)15/h11-13,15H,2-10H2,1H3. The fourth-order valence-corrected chi connectivity index (χ4v) is 2.97. The van der Waals surface area contributed by atoms with E-state index < -0.39 is 0 Å². The van der Waals surface area contributed by atoms with Gasteiger partial charge in [0.2, 0.25) is 0 Å². The van der Waals surface area contributed by atoms with Gasteiger partial charge in [0.15, 0.2) is 0 Å². The Morgan fingerprint density at radius 3 is 2.88 bits per heavy atom. The molecular weight excluding hydrogens is 202 g/mol. The first kappa shape index (κ1) is 12.3. The van der Waals surface area contributed by atoms with Crippen molar-refractivity contribution in [2.24, 2.45) is 5.92 Å². The minimum Gasteiger partial charge on any atom is -0.393 e. The lowest BCUT2D eigenvalue weighted by atomic mass is 9.96. The fraction of sp³-hybridized carbons (Fsp3) is 1.00. The van der Waals surface area contributed by atoms with Crippen LogP contribution in [0.5, 0.6) is 0 Å². The Balaban J connectivity index is 1.82. The highest BCUT2D eigenvalue weighted by molar-refractivity contribution is 4.78. The molecule has 2 fully saturated rings. The normalized spacial score (nSPS) is 38.2. The molecule has 0 aromatic heterocycles. The van der Waals surface area contributed by atoms with E-state index in [0.717, 1.165) is 32.7 Å². The minimum absolute atomic E-state index is 0.0688. The van der Waals surface area contributed by atoms with E-state index in [0.29, 0.717) is 12.0 Å². The van der Waals surface area contributed by atoms with Gasteiger partial charge in [0.1, 0.15) is 0 Å². The molecule has 0 bridgehead atoms. The van der Waals surface area contributed by atoms with Gasteiger partial charge in [-0.15, -0.1) is 0 Å². The second kappa shape index (κ2) is 5.99. The maximum Gasteiger partial charge on any atom is 0.0674 e. The summed E-state index contributed by atoms with van der Waals surface area (Å²) in [5, 5.41) is 10.1. The number of hydrogen-bond donors (Lipinski definition) is 1. The minimum atomic E-state index is -0.0688. The summed E-state index contributed by atoms with van der Waals surface area (Å²) < 4.78 is 5.54. The molecule has 16 heavy (non-hydrogen) atoms. The van der Waals surface area contributed by atoms with Crippen LogP contribution in [-0.4, -0.2) is 48.5 Å². The number of hydrogen-bond acceptors (Lipinski definition) is 3. The molecule has 2 rings (SSSR count). The van der Waals surface area contributed by atoms with Crippen molar-refractivity contribution in [1.29, 1.82) is 0 Å². The van der Waals surface area contributed by atoms with Gasteiger partial charge in [-0.1, -0.05) is 19.3 Å². The fourth-order valence-electron chi connectivity index (χ4n) is 2.97. The van der Waals surface area contributed by atoms with E-state index in [9.17, 15) is 5.11 Å². The molecule has 0 aromatic rings. The van der Waals surface area contributed by atoms with Crippen LogP contribution in [0, 0.1) is 5.92 Å². The summed E-state index contributed by atoms with van der Waals surface area (Å²) in [4.78, 5) is 2.47. The first-order chi connectivity index (χ1) is 7.75. The van der Waals surface area contributed by atoms with E-state index in [4.69, 9.17) is 4.74 Å². The van der Waals surface area contributed by atoms with Crippen LogP contribution < -0.4 is 0 Å². The van der Waals surface area contributed by atoms with Crippen molar-refractivity contribution < 1.29 is 9.84 Å². The summed E-state index contributed by atoms with van der Waals surface area (Å²) >= 11 is 0. The second-order valence-electron chi connectivity index (χ2n) is 5.41. The van der Waals surface area contributed by atoms with Gasteiger partial charge in [-0.3, -0.25) is 4.90 Å². The lowest BCUT2D eigenvalue weighted by Gasteiger charge is -2.34. The quantitative estimate of drug-likeness (QED) is 0.728. The van der Waals surface area contributed by atoms with Gasteiger partial charge in [0.25, 0.3) is 0 Å². The molecule has 94 valence electrons. The van der Waals surface area contributed by atoms with E-state index in [1.807, 2.05) is 0 Å². The third-order valence-electron chi connectivity index (χ3n) is 3.94. The molecule has 0 aromatic carbocycles. The van der Waals surface area contributed by atoms with Gasteiger partial charge >= 0.3 is 0 Å². The maximum atomic E-state index is 10.1. The Hall–Kier alpha value is -0.120. The Bertz CT molecular complexity index is 210. The molecule has 0 spiro atoms. The molecule has 1 heterocycles. The second-order valence-corrected chi connectivity index (χ2v) is 5.41. The van der Waals surface area contributed by atoms with E-state index in [1.165, 1.54) is 25.7 Å². The Morgan fingerprint density at radius 1 is 1.25 bits per heavy atom. The van der Waals surface area contributed by atoms with Gasteiger partial charge in [-0.25, -0.2) is 0 Å². The van der Waals surface area contributed by atoms with Crippen LogP contribution in [-0.2, 0) is 4.74 Å². The van der Waals surface area contributed by atoms with Crippen molar-refractivity contribution >= 4 is 0 Å². The average molecular weight is 227 g/mol. The van der Waals surface area contributed by atoms with Crippen LogP contribution in [0.25, 0.3) is 0 Å². The van der Waals surface area contributed by atoms with Crippen LogP contribution in [0.3, 0.4) is 0 Å². The monoisotopic (exact) mass is 227 g/mol. The lowest BCUT2D eigenvalue weighted by Crippen LogP contribution is -2.44. The smallest absolute Gasteiger partial charge is 0.0674 e. The molecule has 0 amide bonds. The predicted molar refractivity (Wildman–Crippen MR) is 64.4 cm³/mol. The van der Waals surface area contributed by atoms with Crippen molar-refractivity contribution in [2.45, 2.75) is 51.2 Å². The molecule has 1 saturated heterocycles. The number of aliphatic hydroxyl groups is 1. The molecule has 1 N–H and O–H groups in total. The third-order valence-corrected chi connectivity index (χ3v) is 3.94. The molecule has 3 unspecified atom stereocenters. The van der Waals surface area contributed by atoms with Crippen LogP contribution in [0.2, 0.25) is 0 Å². The van der Waals surface area contributed by atoms with E-state index in [-0.39, 0.29) is 6.10 Å². The van der Waals surface area contributed by atoms with Crippen LogP contribution in [0.15, 0.2) is 0 Å². The van der Waals surface area contributed by atoms with Gasteiger partial charge in [-0.2, -0.15) is 0 Å². The van der Waals surface area contributed by atoms with Crippen LogP contribution in [0.4, 0.5) is 0 Å². The van der Waals surface area contributed by atoms with Crippen molar-refractivity contribution in [1.82, 2.24) is 4.90 Å². The highest BCUT2D eigenvalue weighted by Crippen LogP contribution is 2.24. The Kier molecular flexibility index (Phi) is 4.62. The highest BCUT2D eigenvalue weighted by atomic mass is 16.5. The van der Waals surface area contributed by atoms with E-state index >= 15 is 0 Å². The highest BCUT2D eigenvalue weighted by Gasteiger charge is 2.25. The lowest BCUT2D eigenvalue weighted by molar-refractivity contribution is -0.0324. The largest absolute Gasteiger partial charge is 0.393 e. The molecule has 1 aliphatic carbocycles. The number of ether oxygens (including phenoxy) is 1. The topological polar surface area (TPSA) is 32.7 Å². The molecule has 1 saturated carbocycles. The summed E-state index contributed by atoms with van der Waals surface area (Å²) in [6.45, 7) is 6.12. The first-order valence-corrected chi connectivity index (χ1v) is 6.77. The zero-order valence-corrected chi connectivity index (χ0v) is 10.4. The number of morpholine rings is 1. The molecule has 3 nitrogen and oxygen atoms in total. The molecule has 1 aliphatic heterocycles. The summed E-state index contributed by atoms with van der Waals surface area (Å²) in [6, 6.07) is 0. The van der Waals surface area contributed by atoms with Crippen molar-refractivity contribution in [2.75, 3.05) is 26.2 Å². The van der Waals surface area contributed by atoms with Gasteiger partial charge < -0.3 is 9.84 Å². The van der Waals surface area contributed by atoms with Gasteiger partial charge in [0, 0.05) is 19.6 Å².